The Morgan fingerprint density at radius 3 is 2.68 bits per heavy atom. The third-order valence-corrected chi connectivity index (χ3v) is 6.42. The fourth-order valence-electron chi connectivity index (χ4n) is 4.31. The number of piperidine rings is 1. The molecule has 0 saturated carbocycles. The molecule has 2 heterocycles. The number of rotatable bonds is 5. The van der Waals surface area contributed by atoms with Crippen LogP contribution in [0, 0.1) is 12.7 Å². The Labute approximate surface area is 222 Å². The molecule has 1 fully saturated rings. The van der Waals surface area contributed by atoms with E-state index >= 15 is 0 Å². The van der Waals surface area contributed by atoms with Gasteiger partial charge in [-0.2, -0.15) is 4.36 Å². The third-order valence-electron chi connectivity index (χ3n) is 5.77. The normalized spacial score (nSPS) is 16.3. The molecule has 2 aromatic carbocycles. The van der Waals surface area contributed by atoms with Crippen molar-refractivity contribution in [2.75, 3.05) is 30.9 Å². The van der Waals surface area contributed by atoms with Crippen LogP contribution in [0.4, 0.5) is 26.4 Å². The van der Waals surface area contributed by atoms with Crippen LogP contribution in [0.5, 0.6) is 5.75 Å². The van der Waals surface area contributed by atoms with Gasteiger partial charge in [0.05, 0.1) is 23.4 Å². The predicted molar refractivity (Wildman–Crippen MR) is 147 cm³/mol. The minimum atomic E-state index is -2.33. The van der Waals surface area contributed by atoms with E-state index < -0.39 is 21.1 Å². The summed E-state index contributed by atoms with van der Waals surface area (Å²) in [5.41, 5.74) is 1.99. The molecule has 0 spiro atoms. The zero-order valence-corrected chi connectivity index (χ0v) is 23.4. The number of amides is 1. The number of nitrogens with zero attached hydrogens (tertiary/aromatic N) is 4. The van der Waals surface area contributed by atoms with Gasteiger partial charge < -0.3 is 19.7 Å². The van der Waals surface area contributed by atoms with Gasteiger partial charge in [-0.15, -0.1) is 0 Å². The monoisotopic (exact) mass is 543 g/mol. The molecule has 9 nitrogen and oxygen atoms in total. The lowest BCUT2D eigenvalue weighted by Crippen LogP contribution is -2.46. The highest BCUT2D eigenvalue weighted by Crippen LogP contribution is 2.35. The smallest absolute Gasteiger partial charge is 0.410 e. The molecule has 204 valence electrons. The lowest BCUT2D eigenvalue weighted by molar-refractivity contribution is 0.00781. The van der Waals surface area contributed by atoms with Gasteiger partial charge in [0.1, 0.15) is 35.4 Å². The summed E-state index contributed by atoms with van der Waals surface area (Å²) in [6.07, 6.45) is 5.32. The van der Waals surface area contributed by atoms with Crippen molar-refractivity contribution in [1.82, 2.24) is 14.9 Å². The van der Waals surface area contributed by atoms with Gasteiger partial charge in [-0.05, 0) is 70.4 Å². The molecule has 1 aliphatic heterocycles. The van der Waals surface area contributed by atoms with E-state index in [1.807, 2.05) is 33.8 Å². The molecule has 38 heavy (non-hydrogen) atoms. The van der Waals surface area contributed by atoms with Crippen LogP contribution in [0.25, 0.3) is 10.9 Å². The predicted octanol–water partition coefficient (Wildman–Crippen LogP) is 5.96. The molecule has 1 amide bonds. The number of ether oxygens (including phenoxy) is 2. The molecule has 1 aromatic heterocycles. The number of aromatic nitrogens is 2. The van der Waals surface area contributed by atoms with Gasteiger partial charge in [-0.25, -0.2) is 23.4 Å². The van der Waals surface area contributed by atoms with Crippen LogP contribution in [0.3, 0.4) is 0 Å². The first-order chi connectivity index (χ1) is 17.8. The van der Waals surface area contributed by atoms with Crippen molar-refractivity contribution in [1.29, 1.82) is 0 Å². The van der Waals surface area contributed by atoms with Crippen LogP contribution in [0.2, 0.25) is 0 Å². The topological polar surface area (TPSA) is 106 Å². The second-order valence-electron chi connectivity index (χ2n) is 10.7. The number of halogens is 1. The maximum absolute atomic E-state index is 14.3. The van der Waals surface area contributed by atoms with Crippen LogP contribution >= 0.6 is 0 Å². The van der Waals surface area contributed by atoms with Crippen molar-refractivity contribution in [3.8, 4) is 5.75 Å². The van der Waals surface area contributed by atoms with Gasteiger partial charge in [-0.3, -0.25) is 0 Å². The van der Waals surface area contributed by atoms with Crippen molar-refractivity contribution in [3.05, 3.63) is 48.0 Å². The Morgan fingerprint density at radius 2 is 1.97 bits per heavy atom. The lowest BCUT2D eigenvalue weighted by Gasteiger charge is -2.34. The van der Waals surface area contributed by atoms with Crippen molar-refractivity contribution in [3.63, 3.8) is 0 Å². The molecule has 1 atom stereocenters. The maximum atomic E-state index is 14.3. The number of nitrogens with one attached hydrogen (secondary N) is 1. The van der Waals surface area contributed by atoms with Crippen LogP contribution in [-0.4, -0.2) is 62.5 Å². The fraction of sp³-hybridized carbons (Fsp3) is 0.444. The highest BCUT2D eigenvalue weighted by Gasteiger charge is 2.29. The Kier molecular flexibility index (Phi) is 7.78. The van der Waals surface area contributed by atoms with Crippen LogP contribution in [-0.2, 0) is 14.5 Å². The van der Waals surface area contributed by atoms with Crippen molar-refractivity contribution in [2.45, 2.75) is 52.2 Å². The molecule has 0 bridgehead atoms. The van der Waals surface area contributed by atoms with Crippen LogP contribution < -0.4 is 10.1 Å². The number of benzene rings is 2. The minimum Gasteiger partial charge on any atom is -0.486 e. The van der Waals surface area contributed by atoms with Gasteiger partial charge in [0.15, 0.2) is 0 Å². The van der Waals surface area contributed by atoms with Crippen molar-refractivity contribution >= 4 is 43.9 Å². The van der Waals surface area contributed by atoms with Gasteiger partial charge in [-0.1, -0.05) is 0 Å². The molecule has 1 N–H and O–H groups in total. The third kappa shape index (κ3) is 7.09. The number of hydrogen-bond donors (Lipinski definition) is 1. The van der Waals surface area contributed by atoms with Crippen LogP contribution in [0.15, 0.2) is 41.0 Å². The number of likely N-dealkylation sites (tertiary alicyclic amines) is 1. The second kappa shape index (κ2) is 10.7. The Balaban J connectivity index is 1.60. The molecule has 11 heteroatoms. The van der Waals surface area contributed by atoms with E-state index in [-0.39, 0.29) is 12.2 Å². The molecule has 1 aliphatic rings. The number of hydrogen-bond acceptors (Lipinski definition) is 8. The first-order valence-corrected chi connectivity index (χ1v) is 14.7. The number of aryl methyl sites for hydroxylation is 1. The van der Waals surface area contributed by atoms with E-state index in [2.05, 4.69) is 19.6 Å². The van der Waals surface area contributed by atoms with E-state index in [1.165, 1.54) is 18.5 Å². The molecule has 4 rings (SSSR count). The number of carbonyl (C=O) groups is 1. The van der Waals surface area contributed by atoms with E-state index in [4.69, 9.17) is 9.47 Å². The Morgan fingerprint density at radius 1 is 1.21 bits per heavy atom. The number of fused-ring (bicyclic) bond motifs is 1. The fourth-order valence-corrected chi connectivity index (χ4v) is 4.92. The minimum absolute atomic E-state index is 0.314. The van der Waals surface area contributed by atoms with Crippen LogP contribution in [0.1, 0.15) is 39.2 Å². The molecular formula is C27H34FN5O4S. The number of carbonyl (C=O) groups excluding carboxylic acids is 1. The first kappa shape index (κ1) is 27.6. The highest BCUT2D eigenvalue weighted by atomic mass is 32.2. The van der Waals surface area contributed by atoms with Gasteiger partial charge in [0.2, 0.25) is 0 Å². The van der Waals surface area contributed by atoms with Crippen molar-refractivity contribution in [2.24, 2.45) is 4.36 Å². The summed E-state index contributed by atoms with van der Waals surface area (Å²) in [6.45, 7) is 8.30. The summed E-state index contributed by atoms with van der Waals surface area (Å²) in [5.74, 6) is 0.389. The first-order valence-electron chi connectivity index (χ1n) is 12.4. The standard InChI is InChI=1S/C27H34FN5O4S/c1-17-12-19(32-38(5,6)35)14-22-24(17)25(30-16-29-22)31-21-10-9-18(28)13-23(21)36-20-8-7-11-33(15-20)26(34)37-27(2,3)4/h9-10,12-14,16,20H,7-8,11,15H2,1-6H3,(H,29,30,31)/t20-/m1/s1. The molecule has 0 unspecified atom stereocenters. The lowest BCUT2D eigenvalue weighted by atomic mass is 10.1. The van der Waals surface area contributed by atoms with Gasteiger partial charge in [0, 0.05) is 40.2 Å². The van der Waals surface area contributed by atoms with E-state index in [9.17, 15) is 13.4 Å². The Hall–Kier alpha value is -3.47. The SMILES string of the molecule is Cc1cc(N=S(C)(C)=O)cc2ncnc(Nc3ccc(F)cc3O[C@@H]3CCCN(C(=O)OC(C)(C)C)C3)c12. The molecule has 3 aromatic rings. The summed E-state index contributed by atoms with van der Waals surface area (Å²) in [7, 11) is -2.33. The summed E-state index contributed by atoms with van der Waals surface area (Å²) >= 11 is 0. The molecule has 0 radical (unpaired) electrons. The zero-order chi connectivity index (χ0) is 27.7. The summed E-state index contributed by atoms with van der Waals surface area (Å²) in [4.78, 5) is 23.0. The summed E-state index contributed by atoms with van der Waals surface area (Å²) < 4.78 is 42.5. The Bertz CT molecular complexity index is 1470. The summed E-state index contributed by atoms with van der Waals surface area (Å²) in [6, 6.07) is 7.85. The molecular weight excluding hydrogens is 509 g/mol. The van der Waals surface area contributed by atoms with Gasteiger partial charge in [0.25, 0.3) is 0 Å². The van der Waals surface area contributed by atoms with Crippen molar-refractivity contribution < 1.29 is 22.9 Å². The molecule has 0 aliphatic carbocycles. The average molecular weight is 544 g/mol. The van der Waals surface area contributed by atoms with E-state index in [0.717, 1.165) is 23.8 Å². The largest absolute Gasteiger partial charge is 0.486 e. The zero-order valence-electron chi connectivity index (χ0n) is 22.6. The number of anilines is 2. The average Bonchev–Trinajstić information content (AvgIpc) is 2.78. The summed E-state index contributed by atoms with van der Waals surface area (Å²) in [5, 5.41) is 4.03. The van der Waals surface area contributed by atoms with E-state index in [1.54, 1.807) is 29.5 Å². The molecule has 1 saturated heterocycles. The quantitative estimate of drug-likeness (QED) is 0.423. The highest BCUT2D eigenvalue weighted by molar-refractivity contribution is 7.92. The second-order valence-corrected chi connectivity index (χ2v) is 13.3. The maximum Gasteiger partial charge on any atom is 0.410 e. The van der Waals surface area contributed by atoms with E-state index in [0.29, 0.717) is 41.5 Å². The van der Waals surface area contributed by atoms with Gasteiger partial charge >= 0.3 is 6.09 Å².